The molecule has 0 fully saturated rings. The fraction of sp³-hybridized carbons (Fsp3) is 0.333. The fourth-order valence-electron chi connectivity index (χ4n) is 8.08. The molecule has 0 spiro atoms. The van der Waals surface area contributed by atoms with Crippen molar-refractivity contribution in [2.45, 2.75) is 78.1 Å². The largest absolute Gasteiger partial charge is 0.493 e. The van der Waals surface area contributed by atoms with Crippen molar-refractivity contribution in [1.29, 1.82) is 0 Å². The highest BCUT2D eigenvalue weighted by molar-refractivity contribution is 5.72. The van der Waals surface area contributed by atoms with Gasteiger partial charge in [-0.05, 0) is 122 Å². The number of nitrogens with zero attached hydrogens (tertiary/aromatic N) is 2. The highest BCUT2D eigenvalue weighted by Gasteiger charge is 2.32. The molecular formula is C48H50N2O8. The Morgan fingerprint density at radius 1 is 0.638 bits per heavy atom. The van der Waals surface area contributed by atoms with Crippen molar-refractivity contribution in [1.82, 2.24) is 9.97 Å². The average molecular weight is 783 g/mol. The summed E-state index contributed by atoms with van der Waals surface area (Å²) in [7, 11) is 0. The Morgan fingerprint density at radius 2 is 1.03 bits per heavy atom. The molecule has 2 aliphatic carbocycles. The number of fused-ring (bicyclic) bond motifs is 2. The summed E-state index contributed by atoms with van der Waals surface area (Å²) < 4.78 is 23.5. The van der Waals surface area contributed by atoms with E-state index in [9.17, 15) is 19.8 Å². The third-order valence-corrected chi connectivity index (χ3v) is 11.5. The van der Waals surface area contributed by atoms with Crippen LogP contribution in [-0.4, -0.2) is 45.3 Å². The molecule has 0 radical (unpaired) electrons. The molecule has 0 bridgehead atoms. The van der Waals surface area contributed by atoms with Gasteiger partial charge in [-0.3, -0.25) is 9.59 Å². The summed E-state index contributed by atoms with van der Waals surface area (Å²) in [5.41, 5.74) is 8.42. The van der Waals surface area contributed by atoms with Crippen LogP contribution in [0.25, 0.3) is 22.9 Å². The fourth-order valence-corrected chi connectivity index (χ4v) is 8.08. The number of carboxylic acids is 2. The zero-order valence-electron chi connectivity index (χ0n) is 33.4. The number of benzene rings is 4. The Kier molecular flexibility index (Phi) is 12.4. The Labute approximate surface area is 338 Å². The summed E-state index contributed by atoms with van der Waals surface area (Å²) >= 11 is 0. The van der Waals surface area contributed by atoms with E-state index in [1.165, 1.54) is 11.1 Å². The third kappa shape index (κ3) is 9.17. The van der Waals surface area contributed by atoms with Gasteiger partial charge in [0.25, 0.3) is 0 Å². The smallest absolute Gasteiger partial charge is 0.306 e. The number of oxazole rings is 2. The number of rotatable bonds is 14. The number of ether oxygens (including phenoxy) is 2. The van der Waals surface area contributed by atoms with E-state index in [0.717, 1.165) is 82.3 Å². The molecule has 2 N–H and O–H groups in total. The number of hydrogen-bond acceptors (Lipinski definition) is 8. The molecule has 0 unspecified atom stereocenters. The van der Waals surface area contributed by atoms with Gasteiger partial charge in [0.1, 0.15) is 23.0 Å². The lowest BCUT2D eigenvalue weighted by Crippen LogP contribution is -2.17. The Hall–Kier alpha value is -6.16. The molecule has 0 amide bonds. The van der Waals surface area contributed by atoms with Crippen LogP contribution in [0, 0.1) is 25.7 Å². The normalized spacial score (nSPS) is 16.4. The summed E-state index contributed by atoms with van der Waals surface area (Å²) in [6, 6.07) is 31.8. The minimum absolute atomic E-state index is 0.0886. The van der Waals surface area contributed by atoms with Crippen LogP contribution in [0.2, 0.25) is 0 Å². The van der Waals surface area contributed by atoms with Crippen molar-refractivity contribution in [3.63, 3.8) is 0 Å². The summed E-state index contributed by atoms with van der Waals surface area (Å²) in [5, 5.41) is 18.6. The van der Waals surface area contributed by atoms with Crippen LogP contribution in [0.3, 0.4) is 0 Å². The highest BCUT2D eigenvalue weighted by atomic mass is 16.5. The molecule has 0 aliphatic heterocycles. The third-order valence-electron chi connectivity index (χ3n) is 11.5. The van der Waals surface area contributed by atoms with Crippen LogP contribution in [0.1, 0.15) is 83.7 Å². The predicted octanol–water partition coefficient (Wildman–Crippen LogP) is 10.0. The van der Waals surface area contributed by atoms with E-state index >= 15 is 0 Å². The minimum atomic E-state index is -0.735. The van der Waals surface area contributed by atoms with E-state index in [1.54, 1.807) is 13.8 Å². The first-order valence-corrected chi connectivity index (χ1v) is 20.1. The lowest BCUT2D eigenvalue weighted by Gasteiger charge is -2.16. The number of aryl methyl sites for hydroxylation is 4. The van der Waals surface area contributed by atoms with Crippen molar-refractivity contribution in [2.24, 2.45) is 11.8 Å². The summed E-state index contributed by atoms with van der Waals surface area (Å²) in [4.78, 5) is 31.9. The second-order valence-corrected chi connectivity index (χ2v) is 15.2. The SMILES string of the molecule is Cc1oc(-c2ccccc2)nc1CCOc1ccc2c(c1)CC[C@@H]2[C@@H](C)C(=O)O.Cc1oc(-c2ccccc2)nc1CCOc1ccc2c(c1)CC[C@H]2[C@H](C)C(=O)O. The van der Waals surface area contributed by atoms with Crippen molar-refractivity contribution in [2.75, 3.05) is 13.2 Å². The maximum atomic E-state index is 11.3. The number of hydrogen-bond donors (Lipinski definition) is 2. The van der Waals surface area contributed by atoms with Crippen LogP contribution in [0.15, 0.2) is 106 Å². The topological polar surface area (TPSA) is 145 Å². The van der Waals surface area contributed by atoms with Gasteiger partial charge in [0, 0.05) is 24.0 Å². The van der Waals surface area contributed by atoms with Gasteiger partial charge in [-0.1, -0.05) is 62.4 Å². The van der Waals surface area contributed by atoms with Crippen LogP contribution < -0.4 is 9.47 Å². The minimum Gasteiger partial charge on any atom is -0.493 e. The highest BCUT2D eigenvalue weighted by Crippen LogP contribution is 2.41. The van der Waals surface area contributed by atoms with E-state index in [1.807, 2.05) is 98.8 Å². The first-order valence-electron chi connectivity index (χ1n) is 20.1. The van der Waals surface area contributed by atoms with E-state index in [2.05, 4.69) is 22.1 Å². The van der Waals surface area contributed by atoms with E-state index < -0.39 is 11.9 Å². The molecule has 4 atom stereocenters. The second kappa shape index (κ2) is 18.0. The molecule has 2 aromatic heterocycles. The van der Waals surface area contributed by atoms with Crippen molar-refractivity contribution in [3.05, 3.63) is 142 Å². The first-order chi connectivity index (χ1) is 28.0. The van der Waals surface area contributed by atoms with Gasteiger partial charge < -0.3 is 28.5 Å². The Bertz CT molecular complexity index is 2180. The van der Waals surface area contributed by atoms with Gasteiger partial charge in [0.05, 0.1) is 36.4 Å². The molecule has 0 saturated heterocycles. The van der Waals surface area contributed by atoms with Gasteiger partial charge in [0.15, 0.2) is 0 Å². The van der Waals surface area contributed by atoms with Crippen LogP contribution in [0.4, 0.5) is 0 Å². The van der Waals surface area contributed by atoms with Crippen LogP contribution in [0.5, 0.6) is 11.5 Å². The molecule has 0 saturated carbocycles. The molecule has 2 aliphatic rings. The van der Waals surface area contributed by atoms with Gasteiger partial charge in [-0.2, -0.15) is 0 Å². The molecule has 58 heavy (non-hydrogen) atoms. The van der Waals surface area contributed by atoms with Gasteiger partial charge >= 0.3 is 11.9 Å². The first kappa shape index (κ1) is 40.1. The van der Waals surface area contributed by atoms with Gasteiger partial charge in [-0.15, -0.1) is 0 Å². The van der Waals surface area contributed by atoms with Crippen LogP contribution >= 0.6 is 0 Å². The Balaban J connectivity index is 0.000000177. The van der Waals surface area contributed by atoms with E-state index in [0.29, 0.717) is 37.8 Å². The zero-order chi connectivity index (χ0) is 40.8. The lowest BCUT2D eigenvalue weighted by molar-refractivity contribution is -0.142. The average Bonchev–Trinajstić information content (AvgIpc) is 4.03. The van der Waals surface area contributed by atoms with Crippen molar-refractivity contribution >= 4 is 11.9 Å². The standard InChI is InChI=1S/2C24H25NO4/c2*1-15(24(26)27)20-10-8-18-14-19(9-11-21(18)20)28-13-12-22-16(2)29-23(25-22)17-6-4-3-5-7-17/h2*3-7,9,11,14-15,20H,8,10,12-13H2,1-2H3,(H,26,27)/t2*15-,20-/m10/s1. The van der Waals surface area contributed by atoms with Gasteiger partial charge in [0.2, 0.25) is 11.8 Å². The number of aromatic nitrogens is 2. The molecule has 2 heterocycles. The van der Waals surface area contributed by atoms with Crippen LogP contribution in [-0.2, 0) is 35.3 Å². The summed E-state index contributed by atoms with van der Waals surface area (Å²) in [6.45, 7) is 8.44. The quantitative estimate of drug-likeness (QED) is 0.110. The maximum Gasteiger partial charge on any atom is 0.306 e. The van der Waals surface area contributed by atoms with Gasteiger partial charge in [-0.25, -0.2) is 9.97 Å². The lowest BCUT2D eigenvalue weighted by atomic mass is 9.89. The van der Waals surface area contributed by atoms with Crippen molar-refractivity contribution in [3.8, 4) is 34.4 Å². The molecule has 4 aromatic carbocycles. The molecular weight excluding hydrogens is 733 g/mol. The number of carbonyl (C=O) groups is 2. The molecule has 8 rings (SSSR count). The van der Waals surface area contributed by atoms with Crippen molar-refractivity contribution < 1.29 is 38.1 Å². The van der Waals surface area contributed by atoms with E-state index in [-0.39, 0.29) is 23.7 Å². The number of carboxylic acid groups (broad SMARTS) is 2. The molecule has 10 nitrogen and oxygen atoms in total. The second-order valence-electron chi connectivity index (χ2n) is 15.2. The Morgan fingerprint density at radius 3 is 1.41 bits per heavy atom. The summed E-state index contributed by atoms with van der Waals surface area (Å²) in [5.74, 6) is 2.50. The predicted molar refractivity (Wildman–Crippen MR) is 220 cm³/mol. The monoisotopic (exact) mass is 782 g/mol. The maximum absolute atomic E-state index is 11.3. The van der Waals surface area contributed by atoms with E-state index in [4.69, 9.17) is 18.3 Å². The number of aliphatic carboxylic acids is 2. The molecule has 300 valence electrons. The zero-order valence-corrected chi connectivity index (χ0v) is 33.4. The summed E-state index contributed by atoms with van der Waals surface area (Å²) in [6.07, 6.45) is 4.89. The molecule has 6 aromatic rings. The molecule has 10 heteroatoms.